The maximum atomic E-state index is 8.95. The van der Waals surface area contributed by atoms with Crippen molar-refractivity contribution >= 4 is 0 Å². The van der Waals surface area contributed by atoms with Crippen LogP contribution >= 0.6 is 0 Å². The van der Waals surface area contributed by atoms with Gasteiger partial charge in [-0.25, -0.2) is 0 Å². The second-order valence-electron chi connectivity index (χ2n) is 4.10. The van der Waals surface area contributed by atoms with Crippen molar-refractivity contribution in [1.29, 1.82) is 5.26 Å². The molecule has 0 saturated carbocycles. The molecule has 1 aliphatic carbocycles. The van der Waals surface area contributed by atoms with Crippen LogP contribution in [-0.4, -0.2) is 6.04 Å². The lowest BCUT2D eigenvalue weighted by molar-refractivity contribution is 0.460. The van der Waals surface area contributed by atoms with E-state index >= 15 is 0 Å². The van der Waals surface area contributed by atoms with Crippen molar-refractivity contribution in [1.82, 2.24) is 0 Å². The molecule has 0 spiro atoms. The van der Waals surface area contributed by atoms with Crippen LogP contribution in [0.5, 0.6) is 0 Å². The summed E-state index contributed by atoms with van der Waals surface area (Å²) < 4.78 is 0. The van der Waals surface area contributed by atoms with E-state index in [4.69, 9.17) is 11.0 Å². The van der Waals surface area contributed by atoms with Crippen LogP contribution < -0.4 is 5.73 Å². The van der Waals surface area contributed by atoms with Crippen molar-refractivity contribution in [2.24, 2.45) is 11.7 Å². The molecule has 2 N–H and O–H groups in total. The van der Waals surface area contributed by atoms with Gasteiger partial charge in [-0.2, -0.15) is 5.26 Å². The molecule has 14 heavy (non-hydrogen) atoms. The van der Waals surface area contributed by atoms with Gasteiger partial charge in [0, 0.05) is 6.04 Å². The minimum atomic E-state index is 0.0179. The number of hydrogen-bond donors (Lipinski definition) is 1. The first-order chi connectivity index (χ1) is 6.84. The minimum absolute atomic E-state index is 0.0179. The fraction of sp³-hybridized carbons (Fsp3) is 0.750. The van der Waals surface area contributed by atoms with Crippen LogP contribution in [0, 0.1) is 17.2 Å². The SMILES string of the molecule is N#CC1C/C=C\CCCCCCC1N. The lowest BCUT2D eigenvalue weighted by Crippen LogP contribution is -2.28. The molecule has 0 aromatic carbocycles. The van der Waals surface area contributed by atoms with Gasteiger partial charge in [0.05, 0.1) is 12.0 Å². The number of nitriles is 1. The molecule has 2 atom stereocenters. The summed E-state index contributed by atoms with van der Waals surface area (Å²) in [6, 6.07) is 2.39. The van der Waals surface area contributed by atoms with E-state index in [1.54, 1.807) is 0 Å². The van der Waals surface area contributed by atoms with E-state index in [-0.39, 0.29) is 12.0 Å². The van der Waals surface area contributed by atoms with Crippen molar-refractivity contribution in [3.63, 3.8) is 0 Å². The number of nitrogens with two attached hydrogens (primary N) is 1. The summed E-state index contributed by atoms with van der Waals surface area (Å²) in [5.41, 5.74) is 5.97. The largest absolute Gasteiger partial charge is 0.326 e. The van der Waals surface area contributed by atoms with Crippen molar-refractivity contribution in [2.45, 2.75) is 51.0 Å². The molecular weight excluding hydrogens is 172 g/mol. The van der Waals surface area contributed by atoms with Gasteiger partial charge in [0.15, 0.2) is 0 Å². The fourth-order valence-corrected chi connectivity index (χ4v) is 1.88. The molecule has 1 aliphatic rings. The maximum Gasteiger partial charge on any atom is 0.0675 e. The van der Waals surface area contributed by atoms with Gasteiger partial charge in [-0.3, -0.25) is 0 Å². The normalized spacial score (nSPS) is 32.6. The molecule has 2 heteroatoms. The van der Waals surface area contributed by atoms with Crippen molar-refractivity contribution in [3.05, 3.63) is 12.2 Å². The quantitative estimate of drug-likeness (QED) is 0.600. The van der Waals surface area contributed by atoms with Crippen molar-refractivity contribution in [3.8, 4) is 6.07 Å². The second kappa shape index (κ2) is 6.62. The Morgan fingerprint density at radius 2 is 1.93 bits per heavy atom. The molecule has 2 unspecified atom stereocenters. The van der Waals surface area contributed by atoms with Crippen LogP contribution in [0.25, 0.3) is 0 Å². The third-order valence-electron chi connectivity index (χ3n) is 2.90. The molecule has 78 valence electrons. The molecule has 0 aromatic heterocycles. The van der Waals surface area contributed by atoms with E-state index in [1.165, 1.54) is 25.7 Å². The fourth-order valence-electron chi connectivity index (χ4n) is 1.88. The number of rotatable bonds is 0. The summed E-state index contributed by atoms with van der Waals surface area (Å²) in [6.07, 6.45) is 12.3. The third-order valence-corrected chi connectivity index (χ3v) is 2.90. The second-order valence-corrected chi connectivity index (χ2v) is 4.10. The van der Waals surface area contributed by atoms with Gasteiger partial charge in [0.25, 0.3) is 0 Å². The number of hydrogen-bond acceptors (Lipinski definition) is 2. The van der Waals surface area contributed by atoms with Crippen LogP contribution in [0.2, 0.25) is 0 Å². The molecular formula is C12H20N2. The zero-order valence-electron chi connectivity index (χ0n) is 8.78. The lowest BCUT2D eigenvalue weighted by atomic mass is 9.94. The Hall–Kier alpha value is -0.810. The Bertz CT molecular complexity index is 215. The Balaban J connectivity index is 2.48. The van der Waals surface area contributed by atoms with Gasteiger partial charge in [0.1, 0.15) is 0 Å². The molecule has 0 amide bonds. The standard InChI is InChI=1S/C12H20N2/c13-10-11-8-6-4-2-1-3-5-7-9-12(11)14/h4,6,11-12H,1-3,5,7-9,14H2/b6-4-. The predicted molar refractivity (Wildman–Crippen MR) is 58.5 cm³/mol. The van der Waals surface area contributed by atoms with Crippen LogP contribution in [0.4, 0.5) is 0 Å². The molecule has 0 radical (unpaired) electrons. The van der Waals surface area contributed by atoms with E-state index in [0.29, 0.717) is 0 Å². The van der Waals surface area contributed by atoms with Crippen LogP contribution in [0.1, 0.15) is 44.9 Å². The summed E-state index contributed by atoms with van der Waals surface area (Å²) in [7, 11) is 0. The zero-order chi connectivity index (χ0) is 10.2. The summed E-state index contributed by atoms with van der Waals surface area (Å²) >= 11 is 0. The van der Waals surface area contributed by atoms with Gasteiger partial charge in [-0.05, 0) is 25.7 Å². The summed E-state index contributed by atoms with van der Waals surface area (Å²) in [6.45, 7) is 0. The Kier molecular flexibility index (Phi) is 5.32. The Labute approximate surface area is 86.8 Å². The highest BCUT2D eigenvalue weighted by Crippen LogP contribution is 2.16. The smallest absolute Gasteiger partial charge is 0.0675 e. The highest BCUT2D eigenvalue weighted by molar-refractivity contribution is 4.97. The van der Waals surface area contributed by atoms with E-state index in [9.17, 15) is 0 Å². The van der Waals surface area contributed by atoms with Crippen LogP contribution in [0.3, 0.4) is 0 Å². The minimum Gasteiger partial charge on any atom is -0.326 e. The lowest BCUT2D eigenvalue weighted by Gasteiger charge is -2.15. The van der Waals surface area contributed by atoms with E-state index in [2.05, 4.69) is 18.2 Å². The van der Waals surface area contributed by atoms with Crippen molar-refractivity contribution < 1.29 is 0 Å². The first-order valence-electron chi connectivity index (χ1n) is 5.65. The zero-order valence-corrected chi connectivity index (χ0v) is 8.78. The molecule has 0 aliphatic heterocycles. The van der Waals surface area contributed by atoms with Crippen LogP contribution in [-0.2, 0) is 0 Å². The monoisotopic (exact) mass is 192 g/mol. The van der Waals surface area contributed by atoms with E-state index in [1.807, 2.05) is 0 Å². The van der Waals surface area contributed by atoms with Gasteiger partial charge >= 0.3 is 0 Å². The summed E-state index contributed by atoms with van der Waals surface area (Å²) in [5.74, 6) is 0.0179. The van der Waals surface area contributed by atoms with Crippen LogP contribution in [0.15, 0.2) is 12.2 Å². The predicted octanol–water partition coefficient (Wildman–Crippen LogP) is 2.75. The van der Waals surface area contributed by atoms with Crippen molar-refractivity contribution in [2.75, 3.05) is 0 Å². The number of allylic oxidation sites excluding steroid dienone is 2. The van der Waals surface area contributed by atoms with E-state index < -0.39 is 0 Å². The topological polar surface area (TPSA) is 49.8 Å². The molecule has 0 aromatic rings. The van der Waals surface area contributed by atoms with Gasteiger partial charge in [-0.1, -0.05) is 31.4 Å². The van der Waals surface area contributed by atoms with Gasteiger partial charge < -0.3 is 5.73 Å². The first kappa shape index (κ1) is 11.3. The molecule has 2 nitrogen and oxygen atoms in total. The Morgan fingerprint density at radius 1 is 1.14 bits per heavy atom. The summed E-state index contributed by atoms with van der Waals surface area (Å²) in [4.78, 5) is 0. The first-order valence-corrected chi connectivity index (χ1v) is 5.65. The Morgan fingerprint density at radius 3 is 2.71 bits per heavy atom. The average molecular weight is 192 g/mol. The maximum absolute atomic E-state index is 8.95. The molecule has 0 heterocycles. The molecule has 0 saturated heterocycles. The van der Waals surface area contributed by atoms with E-state index in [0.717, 1.165) is 19.3 Å². The molecule has 0 fully saturated rings. The van der Waals surface area contributed by atoms with Gasteiger partial charge in [-0.15, -0.1) is 0 Å². The highest BCUT2D eigenvalue weighted by Gasteiger charge is 2.15. The third kappa shape index (κ3) is 3.93. The summed E-state index contributed by atoms with van der Waals surface area (Å²) in [5, 5.41) is 8.95. The number of nitrogens with zero attached hydrogens (tertiary/aromatic N) is 1. The van der Waals surface area contributed by atoms with Gasteiger partial charge in [0.2, 0.25) is 0 Å². The highest BCUT2D eigenvalue weighted by atomic mass is 14.6. The molecule has 0 bridgehead atoms. The molecule has 1 rings (SSSR count). The average Bonchev–Trinajstić information content (AvgIpc) is 2.24.